The molecule has 2 aromatic rings. The van der Waals surface area contributed by atoms with Gasteiger partial charge in [-0.2, -0.15) is 0 Å². The highest BCUT2D eigenvalue weighted by molar-refractivity contribution is 5.92. The van der Waals surface area contributed by atoms with E-state index in [4.69, 9.17) is 4.74 Å². The van der Waals surface area contributed by atoms with Crippen LogP contribution in [0.3, 0.4) is 0 Å². The molecule has 1 fully saturated rings. The molecule has 0 aliphatic carbocycles. The molecule has 3 rings (SSSR count). The zero-order valence-corrected chi connectivity index (χ0v) is 15.2. The van der Waals surface area contributed by atoms with E-state index in [1.54, 1.807) is 11.0 Å². The topological polar surface area (TPSA) is 102 Å². The molecule has 0 spiro atoms. The fourth-order valence-corrected chi connectivity index (χ4v) is 3.08. The summed E-state index contributed by atoms with van der Waals surface area (Å²) in [5, 5.41) is 13.7. The Morgan fingerprint density at radius 2 is 1.82 bits per heavy atom. The van der Waals surface area contributed by atoms with E-state index in [2.05, 4.69) is 5.32 Å². The minimum Gasteiger partial charge on any atom is -0.484 e. The van der Waals surface area contributed by atoms with Crippen LogP contribution in [0, 0.1) is 16.0 Å². The number of anilines is 1. The summed E-state index contributed by atoms with van der Waals surface area (Å²) in [7, 11) is 0. The van der Waals surface area contributed by atoms with Crippen LogP contribution in [0.1, 0.15) is 12.8 Å². The van der Waals surface area contributed by atoms with E-state index in [9.17, 15) is 19.7 Å². The molecule has 0 aromatic heterocycles. The minimum atomic E-state index is -0.514. The van der Waals surface area contributed by atoms with Gasteiger partial charge in [-0.3, -0.25) is 19.7 Å². The molecule has 8 heteroatoms. The minimum absolute atomic E-state index is 0.0360. The van der Waals surface area contributed by atoms with Gasteiger partial charge in [0.2, 0.25) is 5.91 Å². The molecule has 8 nitrogen and oxygen atoms in total. The van der Waals surface area contributed by atoms with E-state index in [0.717, 1.165) is 5.69 Å². The van der Waals surface area contributed by atoms with Crippen LogP contribution in [0.2, 0.25) is 0 Å². The van der Waals surface area contributed by atoms with Crippen LogP contribution in [0.25, 0.3) is 0 Å². The standard InChI is InChI=1S/C20H21N3O5/c24-19(14-28-18-8-4-7-17(13-18)23(26)27)22-11-9-15(10-12-22)20(25)21-16-5-2-1-3-6-16/h1-8,13,15H,9-12,14H2,(H,21,25). The van der Waals surface area contributed by atoms with Crippen LogP contribution >= 0.6 is 0 Å². The third-order valence-corrected chi connectivity index (χ3v) is 4.65. The number of para-hydroxylation sites is 1. The molecule has 0 radical (unpaired) electrons. The van der Waals surface area contributed by atoms with E-state index >= 15 is 0 Å². The SMILES string of the molecule is O=C(Nc1ccccc1)C1CCN(C(=O)COc2cccc([N+](=O)[O-])c2)CC1. The quantitative estimate of drug-likeness (QED) is 0.610. The van der Waals surface area contributed by atoms with Crippen LogP contribution in [-0.2, 0) is 9.59 Å². The number of ether oxygens (including phenoxy) is 1. The van der Waals surface area contributed by atoms with Crippen LogP contribution < -0.4 is 10.1 Å². The van der Waals surface area contributed by atoms with Crippen LogP contribution in [0.5, 0.6) is 5.75 Å². The number of carbonyl (C=O) groups excluding carboxylic acids is 2. The summed E-state index contributed by atoms with van der Waals surface area (Å²) < 4.78 is 5.39. The Labute approximate surface area is 162 Å². The lowest BCUT2D eigenvalue weighted by Crippen LogP contribution is -2.43. The molecule has 0 unspecified atom stereocenters. The van der Waals surface area contributed by atoms with Gasteiger partial charge in [-0.05, 0) is 31.0 Å². The smallest absolute Gasteiger partial charge is 0.273 e. The molecule has 0 atom stereocenters. The van der Waals surface area contributed by atoms with Crippen molar-refractivity contribution >= 4 is 23.2 Å². The van der Waals surface area contributed by atoms with Gasteiger partial charge in [-0.1, -0.05) is 24.3 Å². The molecule has 0 bridgehead atoms. The molecule has 1 aliphatic heterocycles. The number of hydrogen-bond donors (Lipinski definition) is 1. The molecule has 2 amide bonds. The second-order valence-corrected chi connectivity index (χ2v) is 6.55. The third kappa shape index (κ3) is 5.06. The number of carbonyl (C=O) groups is 2. The third-order valence-electron chi connectivity index (χ3n) is 4.65. The summed E-state index contributed by atoms with van der Waals surface area (Å²) in [4.78, 5) is 36.6. The molecule has 28 heavy (non-hydrogen) atoms. The maximum atomic E-state index is 12.3. The van der Waals surface area contributed by atoms with Crippen molar-refractivity contribution < 1.29 is 19.2 Å². The number of benzene rings is 2. The molecule has 1 heterocycles. The predicted octanol–water partition coefficient (Wildman–Crippen LogP) is 2.85. The highest BCUT2D eigenvalue weighted by Gasteiger charge is 2.27. The van der Waals surface area contributed by atoms with Crippen molar-refractivity contribution in [2.24, 2.45) is 5.92 Å². The van der Waals surface area contributed by atoms with Gasteiger partial charge < -0.3 is 15.0 Å². The first-order chi connectivity index (χ1) is 13.5. The maximum absolute atomic E-state index is 12.3. The lowest BCUT2D eigenvalue weighted by atomic mass is 9.95. The number of nitrogens with one attached hydrogen (secondary N) is 1. The lowest BCUT2D eigenvalue weighted by Gasteiger charge is -2.31. The Balaban J connectivity index is 1.45. The van der Waals surface area contributed by atoms with E-state index in [0.29, 0.717) is 25.9 Å². The fourth-order valence-electron chi connectivity index (χ4n) is 3.08. The highest BCUT2D eigenvalue weighted by atomic mass is 16.6. The van der Waals surface area contributed by atoms with Gasteiger partial charge in [0, 0.05) is 30.8 Å². The molecule has 1 saturated heterocycles. The van der Waals surface area contributed by atoms with Gasteiger partial charge in [0.1, 0.15) is 5.75 Å². The van der Waals surface area contributed by atoms with Crippen molar-refractivity contribution in [3.8, 4) is 5.75 Å². The first-order valence-electron chi connectivity index (χ1n) is 9.04. The van der Waals surface area contributed by atoms with Crippen molar-refractivity contribution in [1.82, 2.24) is 4.90 Å². The Morgan fingerprint density at radius 1 is 1.11 bits per heavy atom. The maximum Gasteiger partial charge on any atom is 0.273 e. The Morgan fingerprint density at radius 3 is 2.50 bits per heavy atom. The van der Waals surface area contributed by atoms with Gasteiger partial charge in [-0.15, -0.1) is 0 Å². The van der Waals surface area contributed by atoms with Crippen molar-refractivity contribution in [2.75, 3.05) is 25.0 Å². The number of amides is 2. The zero-order chi connectivity index (χ0) is 19.9. The van der Waals surface area contributed by atoms with Crippen LogP contribution in [-0.4, -0.2) is 41.3 Å². The molecule has 146 valence electrons. The van der Waals surface area contributed by atoms with Crippen molar-refractivity contribution in [1.29, 1.82) is 0 Å². The van der Waals surface area contributed by atoms with Gasteiger partial charge in [0.05, 0.1) is 11.0 Å². The average molecular weight is 383 g/mol. The lowest BCUT2D eigenvalue weighted by molar-refractivity contribution is -0.384. The molecular weight excluding hydrogens is 362 g/mol. The summed E-state index contributed by atoms with van der Waals surface area (Å²) in [6.07, 6.45) is 1.17. The predicted molar refractivity (Wildman–Crippen MR) is 103 cm³/mol. The Kier molecular flexibility index (Phi) is 6.21. The summed E-state index contributed by atoms with van der Waals surface area (Å²) in [6, 6.07) is 15.0. The number of rotatable bonds is 6. The molecule has 1 aliphatic rings. The Bertz CT molecular complexity index is 848. The number of nitrogens with zero attached hydrogens (tertiary/aromatic N) is 2. The van der Waals surface area contributed by atoms with Crippen molar-refractivity contribution in [3.05, 3.63) is 64.7 Å². The number of piperidine rings is 1. The second kappa shape index (κ2) is 8.98. The number of hydrogen-bond acceptors (Lipinski definition) is 5. The number of nitro groups is 1. The fraction of sp³-hybridized carbons (Fsp3) is 0.300. The summed E-state index contributed by atoms with van der Waals surface area (Å²) >= 11 is 0. The largest absolute Gasteiger partial charge is 0.484 e. The summed E-state index contributed by atoms with van der Waals surface area (Å²) in [5.41, 5.74) is 0.673. The molecule has 0 saturated carbocycles. The van der Waals surface area contributed by atoms with Crippen LogP contribution in [0.4, 0.5) is 11.4 Å². The molecular formula is C20H21N3O5. The van der Waals surface area contributed by atoms with E-state index in [1.165, 1.54) is 18.2 Å². The van der Waals surface area contributed by atoms with Crippen molar-refractivity contribution in [3.63, 3.8) is 0 Å². The normalized spacial score (nSPS) is 14.4. The molecule has 2 aromatic carbocycles. The summed E-state index contributed by atoms with van der Waals surface area (Å²) in [5.74, 6) is -0.0961. The zero-order valence-electron chi connectivity index (χ0n) is 15.2. The van der Waals surface area contributed by atoms with Gasteiger partial charge in [0.15, 0.2) is 6.61 Å². The molecule has 1 N–H and O–H groups in total. The average Bonchev–Trinajstić information content (AvgIpc) is 2.73. The highest BCUT2D eigenvalue weighted by Crippen LogP contribution is 2.21. The number of non-ortho nitro benzene ring substituents is 1. The first kappa shape index (κ1) is 19.3. The number of nitro benzene ring substituents is 1. The monoisotopic (exact) mass is 383 g/mol. The van der Waals surface area contributed by atoms with Gasteiger partial charge in [-0.25, -0.2) is 0 Å². The van der Waals surface area contributed by atoms with E-state index in [1.807, 2.05) is 30.3 Å². The van der Waals surface area contributed by atoms with Gasteiger partial charge >= 0.3 is 0 Å². The second-order valence-electron chi connectivity index (χ2n) is 6.55. The van der Waals surface area contributed by atoms with E-state index in [-0.39, 0.29) is 35.8 Å². The van der Waals surface area contributed by atoms with E-state index < -0.39 is 4.92 Å². The van der Waals surface area contributed by atoms with Crippen LogP contribution in [0.15, 0.2) is 54.6 Å². The summed E-state index contributed by atoms with van der Waals surface area (Å²) in [6.45, 7) is 0.760. The van der Waals surface area contributed by atoms with Gasteiger partial charge in [0.25, 0.3) is 11.6 Å². The first-order valence-corrected chi connectivity index (χ1v) is 9.04. The number of likely N-dealkylation sites (tertiary alicyclic amines) is 1. The Hall–Kier alpha value is -3.42. The van der Waals surface area contributed by atoms with Crippen molar-refractivity contribution in [2.45, 2.75) is 12.8 Å².